The van der Waals surface area contributed by atoms with Crippen LogP contribution in [0.4, 0.5) is 5.69 Å². The Morgan fingerprint density at radius 2 is 2.25 bits per heavy atom. The van der Waals surface area contributed by atoms with Gasteiger partial charge in [0.2, 0.25) is 0 Å². The van der Waals surface area contributed by atoms with E-state index in [2.05, 4.69) is 40.2 Å². The van der Waals surface area contributed by atoms with Crippen molar-refractivity contribution in [3.8, 4) is 0 Å². The monoisotopic (exact) mass is 341 g/mol. The molecule has 1 aromatic rings. The van der Waals surface area contributed by atoms with Gasteiger partial charge in [0.1, 0.15) is 5.69 Å². The molecule has 1 aliphatic carbocycles. The van der Waals surface area contributed by atoms with Gasteiger partial charge in [-0.1, -0.05) is 20.3 Å². The van der Waals surface area contributed by atoms with Crippen LogP contribution in [0.5, 0.6) is 0 Å². The zero-order valence-electron chi connectivity index (χ0n) is 12.4. The molecular formula is C15H24BrN3O. The zero-order chi connectivity index (χ0) is 14.5. The Kier molecular flexibility index (Phi) is 5.64. The molecule has 1 aliphatic rings. The molecule has 0 atom stereocenters. The number of anilines is 1. The van der Waals surface area contributed by atoms with Gasteiger partial charge >= 0.3 is 0 Å². The number of halogens is 1. The van der Waals surface area contributed by atoms with Crippen molar-refractivity contribution in [2.45, 2.75) is 52.5 Å². The quantitative estimate of drug-likeness (QED) is 0.770. The first-order valence-electron chi connectivity index (χ1n) is 7.57. The fraction of sp³-hybridized carbons (Fsp3) is 0.733. The number of nitrogens with zero attached hydrogens (tertiary/aromatic N) is 2. The molecule has 0 saturated heterocycles. The van der Waals surface area contributed by atoms with Crippen LogP contribution in [0.3, 0.4) is 0 Å². The summed E-state index contributed by atoms with van der Waals surface area (Å²) in [5.74, 6) is 1.34. The van der Waals surface area contributed by atoms with Crippen molar-refractivity contribution in [3.05, 3.63) is 21.0 Å². The highest BCUT2D eigenvalue weighted by Gasteiger charge is 2.20. The number of nitrogens with one attached hydrogen (secondary N) is 1. The third-order valence-electron chi connectivity index (χ3n) is 3.91. The Bertz CT molecular complexity index is 494. The Hall–Kier alpha value is -0.840. The van der Waals surface area contributed by atoms with Crippen LogP contribution in [0.2, 0.25) is 0 Å². The molecule has 0 aromatic carbocycles. The van der Waals surface area contributed by atoms with Crippen molar-refractivity contribution in [1.29, 1.82) is 0 Å². The van der Waals surface area contributed by atoms with Crippen LogP contribution in [0.25, 0.3) is 0 Å². The first-order valence-corrected chi connectivity index (χ1v) is 8.36. The molecule has 4 nitrogen and oxygen atoms in total. The molecular weight excluding hydrogens is 318 g/mol. The number of hydrogen-bond donors (Lipinski definition) is 1. The van der Waals surface area contributed by atoms with Gasteiger partial charge in [0, 0.05) is 13.1 Å². The number of hydrogen-bond acceptors (Lipinski definition) is 3. The second-order valence-corrected chi connectivity index (χ2v) is 6.97. The largest absolute Gasteiger partial charge is 0.380 e. The second kappa shape index (κ2) is 7.25. The molecule has 0 spiro atoms. The van der Waals surface area contributed by atoms with Crippen molar-refractivity contribution < 1.29 is 0 Å². The summed E-state index contributed by atoms with van der Waals surface area (Å²) < 4.78 is 2.37. The third kappa shape index (κ3) is 4.08. The van der Waals surface area contributed by atoms with Crippen molar-refractivity contribution in [2.24, 2.45) is 11.8 Å². The van der Waals surface area contributed by atoms with Gasteiger partial charge in [-0.3, -0.25) is 4.79 Å². The summed E-state index contributed by atoms with van der Waals surface area (Å²) in [5.41, 5.74) is 0.652. The van der Waals surface area contributed by atoms with E-state index in [-0.39, 0.29) is 5.56 Å². The van der Waals surface area contributed by atoms with Crippen LogP contribution in [0.1, 0.15) is 46.0 Å². The third-order valence-corrected chi connectivity index (χ3v) is 4.51. The van der Waals surface area contributed by atoms with E-state index in [0.717, 1.165) is 24.0 Å². The molecule has 0 unspecified atom stereocenters. The van der Waals surface area contributed by atoms with Crippen molar-refractivity contribution >= 4 is 21.6 Å². The van der Waals surface area contributed by atoms with Crippen LogP contribution < -0.4 is 10.9 Å². The smallest absolute Gasteiger partial charge is 0.291 e. The Morgan fingerprint density at radius 1 is 1.50 bits per heavy atom. The molecule has 20 heavy (non-hydrogen) atoms. The zero-order valence-corrected chi connectivity index (χ0v) is 13.9. The molecule has 0 amide bonds. The summed E-state index contributed by atoms with van der Waals surface area (Å²) in [6.45, 7) is 6.02. The first-order chi connectivity index (χ1) is 9.58. The maximum Gasteiger partial charge on any atom is 0.291 e. The predicted molar refractivity (Wildman–Crippen MR) is 86.1 cm³/mol. The molecule has 2 rings (SSSR count). The minimum absolute atomic E-state index is 0.00387. The van der Waals surface area contributed by atoms with E-state index < -0.39 is 0 Å². The fourth-order valence-electron chi connectivity index (χ4n) is 2.40. The van der Waals surface area contributed by atoms with Crippen LogP contribution in [0, 0.1) is 11.8 Å². The minimum Gasteiger partial charge on any atom is -0.380 e. The van der Waals surface area contributed by atoms with Crippen molar-refractivity contribution in [2.75, 3.05) is 11.9 Å². The van der Waals surface area contributed by atoms with Gasteiger partial charge in [-0.15, -0.1) is 0 Å². The molecule has 0 radical (unpaired) electrons. The van der Waals surface area contributed by atoms with E-state index >= 15 is 0 Å². The lowest BCUT2D eigenvalue weighted by atomic mass is 9.85. The molecule has 112 valence electrons. The molecule has 0 aliphatic heterocycles. The van der Waals surface area contributed by atoms with Gasteiger partial charge in [0.15, 0.2) is 0 Å². The summed E-state index contributed by atoms with van der Waals surface area (Å²) >= 11 is 3.42. The van der Waals surface area contributed by atoms with Gasteiger partial charge in [0.25, 0.3) is 5.56 Å². The normalized spacial score (nSPS) is 15.4. The van der Waals surface area contributed by atoms with Crippen LogP contribution >= 0.6 is 15.9 Å². The van der Waals surface area contributed by atoms with Crippen LogP contribution in [-0.2, 0) is 6.54 Å². The highest BCUT2D eigenvalue weighted by molar-refractivity contribution is 9.10. The summed E-state index contributed by atoms with van der Waals surface area (Å²) in [7, 11) is 0. The summed E-state index contributed by atoms with van der Waals surface area (Å²) in [5, 5.41) is 7.50. The Balaban J connectivity index is 1.99. The molecule has 1 N–H and O–H groups in total. The van der Waals surface area contributed by atoms with E-state index in [1.807, 2.05) is 0 Å². The lowest BCUT2D eigenvalue weighted by molar-refractivity contribution is 0.262. The molecule has 1 saturated carbocycles. The van der Waals surface area contributed by atoms with Gasteiger partial charge in [-0.05, 0) is 53.4 Å². The number of rotatable bonds is 7. The molecule has 1 fully saturated rings. The highest BCUT2D eigenvalue weighted by atomic mass is 79.9. The Morgan fingerprint density at radius 3 is 2.85 bits per heavy atom. The van der Waals surface area contributed by atoms with E-state index in [0.29, 0.717) is 17.5 Å². The van der Waals surface area contributed by atoms with Gasteiger partial charge in [-0.25, -0.2) is 4.68 Å². The second-order valence-electron chi connectivity index (χ2n) is 6.11. The Labute approximate surface area is 129 Å². The van der Waals surface area contributed by atoms with E-state index in [9.17, 15) is 4.79 Å². The maximum atomic E-state index is 12.4. The fourth-order valence-corrected chi connectivity index (χ4v) is 2.80. The van der Waals surface area contributed by atoms with Gasteiger partial charge < -0.3 is 5.32 Å². The summed E-state index contributed by atoms with van der Waals surface area (Å²) in [6.07, 6.45) is 7.71. The van der Waals surface area contributed by atoms with E-state index in [1.165, 1.54) is 25.7 Å². The predicted octanol–water partition coefficient (Wildman–Crippen LogP) is 3.65. The first kappa shape index (κ1) is 15.5. The average Bonchev–Trinajstić information content (AvgIpc) is 2.34. The lowest BCUT2D eigenvalue weighted by Gasteiger charge is -2.25. The van der Waals surface area contributed by atoms with Crippen LogP contribution in [-0.4, -0.2) is 16.3 Å². The minimum atomic E-state index is -0.00387. The number of aromatic nitrogens is 2. The molecule has 1 aromatic heterocycles. The molecule has 5 heteroatoms. The van der Waals surface area contributed by atoms with Gasteiger partial charge in [0.05, 0.1) is 10.7 Å². The average molecular weight is 342 g/mol. The molecule has 0 bridgehead atoms. The van der Waals surface area contributed by atoms with Crippen molar-refractivity contribution in [3.63, 3.8) is 0 Å². The van der Waals surface area contributed by atoms with Crippen LogP contribution in [0.15, 0.2) is 15.5 Å². The lowest BCUT2D eigenvalue weighted by Crippen LogP contribution is -2.31. The van der Waals surface area contributed by atoms with E-state index in [1.54, 1.807) is 10.9 Å². The van der Waals surface area contributed by atoms with Gasteiger partial charge in [-0.2, -0.15) is 5.10 Å². The summed E-state index contributed by atoms with van der Waals surface area (Å²) in [4.78, 5) is 12.4. The maximum absolute atomic E-state index is 12.4. The summed E-state index contributed by atoms with van der Waals surface area (Å²) in [6, 6.07) is 0. The van der Waals surface area contributed by atoms with E-state index in [4.69, 9.17) is 0 Å². The van der Waals surface area contributed by atoms with Crippen molar-refractivity contribution in [1.82, 2.24) is 9.78 Å². The highest BCUT2D eigenvalue weighted by Crippen LogP contribution is 2.27. The SMILES string of the molecule is CC(C)CCCNc1c(Br)cnn(CC2CCC2)c1=O. The molecule has 1 heterocycles. The standard InChI is InChI=1S/C15H24BrN3O/c1-11(2)5-4-8-17-14-13(16)9-18-19(15(14)20)10-12-6-3-7-12/h9,11-12,17H,3-8,10H2,1-2H3. The topological polar surface area (TPSA) is 46.9 Å².